The summed E-state index contributed by atoms with van der Waals surface area (Å²) < 4.78 is 0. The summed E-state index contributed by atoms with van der Waals surface area (Å²) in [4.78, 5) is 25.3. The first-order chi connectivity index (χ1) is 9.70. The van der Waals surface area contributed by atoms with Gasteiger partial charge < -0.3 is 10.2 Å². The fourth-order valence-electron chi connectivity index (χ4n) is 2.55. The van der Waals surface area contributed by atoms with Gasteiger partial charge in [-0.1, -0.05) is 6.92 Å². The van der Waals surface area contributed by atoms with E-state index in [-0.39, 0.29) is 11.5 Å². The van der Waals surface area contributed by atoms with Crippen molar-refractivity contribution in [3.8, 4) is 0 Å². The molecule has 6 nitrogen and oxygen atoms in total. The SMILES string of the molecule is CCCN(CC1CCNCC1)C(=O)c1ccc(=O)[nH]n1. The minimum atomic E-state index is -0.290. The highest BCUT2D eigenvalue weighted by atomic mass is 16.2. The van der Waals surface area contributed by atoms with Gasteiger partial charge in [-0.15, -0.1) is 0 Å². The molecule has 110 valence electrons. The zero-order chi connectivity index (χ0) is 14.4. The topological polar surface area (TPSA) is 78.1 Å². The Morgan fingerprint density at radius 2 is 2.15 bits per heavy atom. The Hall–Kier alpha value is -1.69. The second-order valence-corrected chi connectivity index (χ2v) is 5.25. The van der Waals surface area contributed by atoms with E-state index < -0.39 is 0 Å². The van der Waals surface area contributed by atoms with E-state index in [1.54, 1.807) is 0 Å². The predicted octanol–water partition coefficient (Wildman–Crippen LogP) is 0.622. The molecular formula is C14H22N4O2. The van der Waals surface area contributed by atoms with Crippen molar-refractivity contribution >= 4 is 5.91 Å². The average Bonchev–Trinajstić information content (AvgIpc) is 2.48. The fourth-order valence-corrected chi connectivity index (χ4v) is 2.55. The van der Waals surface area contributed by atoms with E-state index >= 15 is 0 Å². The maximum atomic E-state index is 12.4. The zero-order valence-corrected chi connectivity index (χ0v) is 11.9. The number of rotatable bonds is 5. The van der Waals surface area contributed by atoms with Crippen molar-refractivity contribution in [2.75, 3.05) is 26.2 Å². The van der Waals surface area contributed by atoms with E-state index in [2.05, 4.69) is 22.4 Å². The third-order valence-corrected chi connectivity index (χ3v) is 3.62. The first-order valence-electron chi connectivity index (χ1n) is 7.26. The number of amides is 1. The van der Waals surface area contributed by atoms with Crippen LogP contribution in [-0.4, -0.2) is 47.2 Å². The van der Waals surface area contributed by atoms with Crippen LogP contribution in [0.2, 0.25) is 0 Å². The second-order valence-electron chi connectivity index (χ2n) is 5.25. The number of aromatic nitrogens is 2. The van der Waals surface area contributed by atoms with Crippen LogP contribution in [0.4, 0.5) is 0 Å². The Balaban J connectivity index is 2.04. The molecule has 0 spiro atoms. The monoisotopic (exact) mass is 278 g/mol. The van der Waals surface area contributed by atoms with Gasteiger partial charge in [0.25, 0.3) is 11.5 Å². The van der Waals surface area contributed by atoms with E-state index in [4.69, 9.17) is 0 Å². The van der Waals surface area contributed by atoms with Crippen LogP contribution in [-0.2, 0) is 0 Å². The first-order valence-corrected chi connectivity index (χ1v) is 7.26. The smallest absolute Gasteiger partial charge is 0.274 e. The van der Waals surface area contributed by atoms with E-state index in [1.807, 2.05) is 4.90 Å². The van der Waals surface area contributed by atoms with Crippen molar-refractivity contribution in [1.29, 1.82) is 0 Å². The molecule has 0 aromatic carbocycles. The summed E-state index contributed by atoms with van der Waals surface area (Å²) in [5.41, 5.74) is 0.0222. The maximum absolute atomic E-state index is 12.4. The van der Waals surface area contributed by atoms with Crippen molar-refractivity contribution in [3.63, 3.8) is 0 Å². The van der Waals surface area contributed by atoms with Crippen molar-refractivity contribution in [2.45, 2.75) is 26.2 Å². The molecule has 1 fully saturated rings. The molecule has 1 aromatic heterocycles. The highest BCUT2D eigenvalue weighted by Crippen LogP contribution is 2.15. The molecule has 2 rings (SSSR count). The normalized spacial score (nSPS) is 16.1. The van der Waals surface area contributed by atoms with Gasteiger partial charge in [0.15, 0.2) is 0 Å². The molecule has 6 heteroatoms. The summed E-state index contributed by atoms with van der Waals surface area (Å²) in [6, 6.07) is 2.83. The summed E-state index contributed by atoms with van der Waals surface area (Å²) in [5.74, 6) is 0.455. The van der Waals surface area contributed by atoms with Gasteiger partial charge in [0.05, 0.1) is 0 Å². The Morgan fingerprint density at radius 1 is 1.40 bits per heavy atom. The average molecular weight is 278 g/mol. The summed E-state index contributed by atoms with van der Waals surface area (Å²) in [6.45, 7) is 5.60. The third-order valence-electron chi connectivity index (χ3n) is 3.62. The number of aromatic amines is 1. The van der Waals surface area contributed by atoms with E-state index in [0.717, 1.165) is 45.4 Å². The van der Waals surface area contributed by atoms with Crippen LogP contribution in [0.1, 0.15) is 36.7 Å². The molecule has 20 heavy (non-hydrogen) atoms. The number of carbonyl (C=O) groups excluding carboxylic acids is 1. The van der Waals surface area contributed by atoms with E-state index in [9.17, 15) is 9.59 Å². The Kier molecular flexibility index (Phi) is 5.29. The molecular weight excluding hydrogens is 256 g/mol. The molecule has 0 saturated carbocycles. The predicted molar refractivity (Wildman–Crippen MR) is 76.6 cm³/mol. The highest BCUT2D eigenvalue weighted by Gasteiger charge is 2.22. The molecule has 2 heterocycles. The number of carbonyl (C=O) groups is 1. The molecule has 1 aromatic rings. The maximum Gasteiger partial charge on any atom is 0.274 e. The fraction of sp³-hybridized carbons (Fsp3) is 0.643. The molecule has 1 aliphatic rings. The Morgan fingerprint density at radius 3 is 2.75 bits per heavy atom. The molecule has 0 bridgehead atoms. The molecule has 0 aliphatic carbocycles. The largest absolute Gasteiger partial charge is 0.337 e. The minimum absolute atomic E-state index is 0.0957. The van der Waals surface area contributed by atoms with Crippen molar-refractivity contribution in [2.24, 2.45) is 5.92 Å². The number of hydrogen-bond donors (Lipinski definition) is 2. The molecule has 1 aliphatic heterocycles. The van der Waals surface area contributed by atoms with Crippen LogP contribution in [0, 0.1) is 5.92 Å². The van der Waals surface area contributed by atoms with Crippen LogP contribution in [0.5, 0.6) is 0 Å². The molecule has 0 unspecified atom stereocenters. The van der Waals surface area contributed by atoms with Gasteiger partial charge in [-0.05, 0) is 44.3 Å². The lowest BCUT2D eigenvalue weighted by molar-refractivity contribution is 0.0709. The quantitative estimate of drug-likeness (QED) is 0.827. The van der Waals surface area contributed by atoms with E-state index in [0.29, 0.717) is 11.6 Å². The van der Waals surface area contributed by atoms with Crippen LogP contribution in [0.25, 0.3) is 0 Å². The number of hydrogen-bond acceptors (Lipinski definition) is 4. The van der Waals surface area contributed by atoms with Crippen molar-refractivity contribution in [1.82, 2.24) is 20.4 Å². The zero-order valence-electron chi connectivity index (χ0n) is 11.9. The van der Waals surface area contributed by atoms with Gasteiger partial charge >= 0.3 is 0 Å². The van der Waals surface area contributed by atoms with Gasteiger partial charge in [0, 0.05) is 19.2 Å². The lowest BCUT2D eigenvalue weighted by Gasteiger charge is -2.29. The third kappa shape index (κ3) is 3.90. The summed E-state index contributed by atoms with van der Waals surface area (Å²) in [7, 11) is 0. The summed E-state index contributed by atoms with van der Waals surface area (Å²) in [6.07, 6.45) is 3.12. The number of H-pyrrole nitrogens is 1. The van der Waals surface area contributed by atoms with E-state index in [1.165, 1.54) is 12.1 Å². The summed E-state index contributed by atoms with van der Waals surface area (Å²) >= 11 is 0. The standard InChI is InChI=1S/C14H22N4O2/c1-2-9-18(10-11-5-7-15-8-6-11)14(20)12-3-4-13(19)17-16-12/h3-4,11,15H,2,5-10H2,1H3,(H,17,19). The van der Waals surface area contributed by atoms with Gasteiger partial charge in [0.1, 0.15) is 5.69 Å². The lowest BCUT2D eigenvalue weighted by atomic mass is 9.97. The summed E-state index contributed by atoms with van der Waals surface area (Å²) in [5, 5.41) is 9.48. The van der Waals surface area contributed by atoms with Crippen molar-refractivity contribution in [3.05, 3.63) is 28.2 Å². The number of nitrogens with one attached hydrogen (secondary N) is 2. The van der Waals surface area contributed by atoms with Crippen LogP contribution < -0.4 is 10.9 Å². The van der Waals surface area contributed by atoms with Gasteiger partial charge in [-0.2, -0.15) is 5.10 Å². The van der Waals surface area contributed by atoms with Gasteiger partial charge in [-0.3, -0.25) is 9.59 Å². The first kappa shape index (κ1) is 14.7. The molecule has 1 saturated heterocycles. The van der Waals surface area contributed by atoms with Crippen molar-refractivity contribution < 1.29 is 4.79 Å². The van der Waals surface area contributed by atoms with Crippen LogP contribution in [0.15, 0.2) is 16.9 Å². The van der Waals surface area contributed by atoms with Gasteiger partial charge in [-0.25, -0.2) is 5.10 Å². The lowest BCUT2D eigenvalue weighted by Crippen LogP contribution is -2.40. The van der Waals surface area contributed by atoms with Gasteiger partial charge in [0.2, 0.25) is 0 Å². The molecule has 0 atom stereocenters. The molecule has 1 amide bonds. The minimum Gasteiger partial charge on any atom is -0.337 e. The molecule has 0 radical (unpaired) electrons. The van der Waals surface area contributed by atoms with Crippen LogP contribution >= 0.6 is 0 Å². The molecule has 2 N–H and O–H groups in total. The number of nitrogens with zero attached hydrogens (tertiary/aromatic N) is 2. The second kappa shape index (κ2) is 7.19. The Bertz CT molecular complexity index is 474. The Labute approximate surface area is 118 Å². The number of piperidine rings is 1. The highest BCUT2D eigenvalue weighted by molar-refractivity contribution is 5.92. The van der Waals surface area contributed by atoms with Crippen LogP contribution in [0.3, 0.4) is 0 Å².